The number of nitrogens with zero attached hydrogens (tertiary/aromatic N) is 4. The van der Waals surface area contributed by atoms with Gasteiger partial charge in [-0.1, -0.05) is 158 Å². The molecule has 12 rings (SSSR count). The van der Waals surface area contributed by atoms with Crippen LogP contribution in [-0.4, -0.2) is 19.1 Å². The molecule has 60 heavy (non-hydrogen) atoms. The highest BCUT2D eigenvalue weighted by molar-refractivity contribution is 6.19. The van der Waals surface area contributed by atoms with Crippen LogP contribution in [0.25, 0.3) is 111 Å². The Balaban J connectivity index is 1.05. The van der Waals surface area contributed by atoms with Crippen LogP contribution in [0.3, 0.4) is 0 Å². The van der Waals surface area contributed by atoms with E-state index in [4.69, 9.17) is 9.97 Å². The van der Waals surface area contributed by atoms with E-state index in [1.165, 1.54) is 48.9 Å². The summed E-state index contributed by atoms with van der Waals surface area (Å²) in [4.78, 5) is 10.6. The first-order valence-electron chi connectivity index (χ1n) is 20.4. The maximum Gasteiger partial charge on any atom is 0.161 e. The Morgan fingerprint density at radius 2 is 0.833 bits per heavy atom. The van der Waals surface area contributed by atoms with Crippen molar-refractivity contribution < 1.29 is 0 Å². The maximum atomic E-state index is 5.31. The van der Waals surface area contributed by atoms with Gasteiger partial charge in [0.25, 0.3) is 0 Å². The summed E-state index contributed by atoms with van der Waals surface area (Å²) >= 11 is 0. The van der Waals surface area contributed by atoms with E-state index in [2.05, 4.69) is 221 Å². The largest absolute Gasteiger partial charge is 0.309 e. The summed E-state index contributed by atoms with van der Waals surface area (Å²) in [5.41, 5.74) is 14.0. The van der Waals surface area contributed by atoms with Crippen molar-refractivity contribution in [3.8, 4) is 56.4 Å². The Morgan fingerprint density at radius 1 is 0.283 bits per heavy atom. The number of para-hydroxylation sites is 3. The lowest BCUT2D eigenvalue weighted by Gasteiger charge is -2.15. The van der Waals surface area contributed by atoms with Crippen LogP contribution in [0.5, 0.6) is 0 Å². The first kappa shape index (κ1) is 34.0. The Bertz CT molecular complexity index is 3600. The van der Waals surface area contributed by atoms with Crippen LogP contribution < -0.4 is 0 Å². The molecule has 0 spiro atoms. The molecule has 3 heterocycles. The topological polar surface area (TPSA) is 35.6 Å². The van der Waals surface area contributed by atoms with Crippen LogP contribution in [0.15, 0.2) is 218 Å². The van der Waals surface area contributed by atoms with Crippen LogP contribution >= 0.6 is 0 Å². The third kappa shape index (κ3) is 5.53. The number of rotatable bonds is 6. The quantitative estimate of drug-likeness (QED) is 0.169. The molecule has 3 aromatic heterocycles. The molecule has 0 saturated carbocycles. The first-order chi connectivity index (χ1) is 29.7. The molecule has 0 saturated heterocycles. The van der Waals surface area contributed by atoms with Gasteiger partial charge in [0, 0.05) is 49.6 Å². The van der Waals surface area contributed by atoms with Crippen LogP contribution in [0.1, 0.15) is 0 Å². The van der Waals surface area contributed by atoms with Gasteiger partial charge in [0.05, 0.1) is 33.5 Å². The van der Waals surface area contributed by atoms with Crippen molar-refractivity contribution in [1.82, 2.24) is 19.1 Å². The summed E-state index contributed by atoms with van der Waals surface area (Å²) in [7, 11) is 0. The Morgan fingerprint density at radius 3 is 1.57 bits per heavy atom. The predicted molar refractivity (Wildman–Crippen MR) is 250 cm³/mol. The van der Waals surface area contributed by atoms with Crippen LogP contribution in [0.2, 0.25) is 0 Å². The molecular weight excluding hydrogens is 729 g/mol. The number of hydrogen-bond donors (Lipinski definition) is 0. The number of hydrogen-bond acceptors (Lipinski definition) is 2. The summed E-state index contributed by atoms with van der Waals surface area (Å²) in [6.07, 6.45) is 0. The molecule has 4 heteroatoms. The van der Waals surface area contributed by atoms with Gasteiger partial charge in [-0.25, -0.2) is 9.97 Å². The predicted octanol–water partition coefficient (Wildman–Crippen LogP) is 14.5. The van der Waals surface area contributed by atoms with Gasteiger partial charge in [0.15, 0.2) is 5.82 Å². The van der Waals surface area contributed by atoms with E-state index in [0.717, 1.165) is 56.1 Å². The monoisotopic (exact) mass is 764 g/mol. The summed E-state index contributed by atoms with van der Waals surface area (Å²) < 4.78 is 4.82. The minimum atomic E-state index is 0.688. The molecule has 0 fully saturated rings. The fraction of sp³-hybridized carbons (Fsp3) is 0. The molecule has 0 N–H and O–H groups in total. The second kappa shape index (κ2) is 13.8. The molecule has 0 aliphatic rings. The van der Waals surface area contributed by atoms with Gasteiger partial charge in [-0.15, -0.1) is 0 Å². The highest BCUT2D eigenvalue weighted by atomic mass is 15.0. The van der Waals surface area contributed by atoms with Crippen molar-refractivity contribution in [3.05, 3.63) is 218 Å². The SMILES string of the molecule is c1ccc(-c2cc(-c3ccc4ccccc4c3)nc(-c3ccccc3-c3cccc(-n4c5ccccc5c5cc6c7ccccc7n(-c7ccccc7)c6cc54)c3)n2)cc1. The summed E-state index contributed by atoms with van der Waals surface area (Å²) in [6, 6.07) is 78.0. The van der Waals surface area contributed by atoms with E-state index < -0.39 is 0 Å². The average Bonchev–Trinajstić information content (AvgIpc) is 3.83. The second-order valence-corrected chi connectivity index (χ2v) is 15.4. The Hall–Kier alpha value is -8.08. The fourth-order valence-electron chi connectivity index (χ4n) is 9.13. The molecular formula is C56H36N4. The molecule has 0 aliphatic heterocycles. The Labute approximate surface area is 346 Å². The van der Waals surface area contributed by atoms with E-state index in [9.17, 15) is 0 Å². The zero-order valence-electron chi connectivity index (χ0n) is 32.6. The number of benzene rings is 9. The van der Waals surface area contributed by atoms with Gasteiger partial charge in [-0.05, 0) is 82.6 Å². The lowest BCUT2D eigenvalue weighted by molar-refractivity contribution is 1.16. The van der Waals surface area contributed by atoms with Crippen molar-refractivity contribution >= 4 is 54.4 Å². The zero-order valence-corrected chi connectivity index (χ0v) is 32.6. The maximum absolute atomic E-state index is 5.31. The molecule has 0 bridgehead atoms. The van der Waals surface area contributed by atoms with Gasteiger partial charge in [-0.3, -0.25) is 0 Å². The molecule has 9 aromatic carbocycles. The molecule has 280 valence electrons. The molecule has 0 atom stereocenters. The van der Waals surface area contributed by atoms with Gasteiger partial charge in [-0.2, -0.15) is 0 Å². The standard InChI is InChI=1S/C56H36N4/c1-3-17-38(18-4-1)50-35-51(41-31-30-37-16-7-8-19-39(37)32-41)58-56(57-50)47-27-10-9-24-44(47)40-20-15-23-43(33-40)60-53-29-14-12-26-46(53)49-34-48-45-25-11-13-28-52(45)59(54(48)36-55(49)60)42-21-5-2-6-22-42/h1-36H. The van der Waals surface area contributed by atoms with E-state index in [1.54, 1.807) is 0 Å². The van der Waals surface area contributed by atoms with Crippen LogP contribution in [0.4, 0.5) is 0 Å². The second-order valence-electron chi connectivity index (χ2n) is 15.4. The Kier molecular flexibility index (Phi) is 7.82. The minimum absolute atomic E-state index is 0.688. The number of fused-ring (bicyclic) bond motifs is 7. The first-order valence-corrected chi connectivity index (χ1v) is 20.4. The fourth-order valence-corrected chi connectivity index (χ4v) is 9.13. The van der Waals surface area contributed by atoms with E-state index in [0.29, 0.717) is 5.82 Å². The highest BCUT2D eigenvalue weighted by Gasteiger charge is 2.20. The van der Waals surface area contributed by atoms with E-state index in [1.807, 2.05) is 6.07 Å². The number of aromatic nitrogens is 4. The van der Waals surface area contributed by atoms with Crippen molar-refractivity contribution in [2.45, 2.75) is 0 Å². The van der Waals surface area contributed by atoms with Gasteiger partial charge in [0.2, 0.25) is 0 Å². The lowest BCUT2D eigenvalue weighted by Crippen LogP contribution is -1.98. The summed E-state index contributed by atoms with van der Waals surface area (Å²) in [5, 5.41) is 7.33. The molecule has 0 unspecified atom stereocenters. The lowest BCUT2D eigenvalue weighted by atomic mass is 9.97. The molecule has 0 aliphatic carbocycles. The average molecular weight is 765 g/mol. The molecule has 0 amide bonds. The van der Waals surface area contributed by atoms with E-state index >= 15 is 0 Å². The minimum Gasteiger partial charge on any atom is -0.309 e. The molecule has 4 nitrogen and oxygen atoms in total. The van der Waals surface area contributed by atoms with Crippen molar-refractivity contribution in [1.29, 1.82) is 0 Å². The summed E-state index contributed by atoms with van der Waals surface area (Å²) in [5.74, 6) is 0.688. The smallest absolute Gasteiger partial charge is 0.161 e. The van der Waals surface area contributed by atoms with E-state index in [-0.39, 0.29) is 0 Å². The highest BCUT2D eigenvalue weighted by Crippen LogP contribution is 2.41. The molecule has 12 aromatic rings. The van der Waals surface area contributed by atoms with Crippen LogP contribution in [-0.2, 0) is 0 Å². The van der Waals surface area contributed by atoms with Gasteiger partial charge in [0.1, 0.15) is 0 Å². The van der Waals surface area contributed by atoms with Crippen molar-refractivity contribution in [2.24, 2.45) is 0 Å². The van der Waals surface area contributed by atoms with Crippen molar-refractivity contribution in [2.75, 3.05) is 0 Å². The third-order valence-electron chi connectivity index (χ3n) is 11.9. The third-order valence-corrected chi connectivity index (χ3v) is 11.9. The summed E-state index contributed by atoms with van der Waals surface area (Å²) in [6.45, 7) is 0. The normalized spacial score (nSPS) is 11.7. The van der Waals surface area contributed by atoms with Crippen LogP contribution in [0, 0.1) is 0 Å². The van der Waals surface area contributed by atoms with Gasteiger partial charge < -0.3 is 9.13 Å². The van der Waals surface area contributed by atoms with Crippen molar-refractivity contribution in [3.63, 3.8) is 0 Å². The molecule has 0 radical (unpaired) electrons. The zero-order chi connectivity index (χ0) is 39.6. The van der Waals surface area contributed by atoms with Gasteiger partial charge >= 0.3 is 0 Å².